The van der Waals surface area contributed by atoms with E-state index in [0.717, 1.165) is 24.5 Å². The summed E-state index contributed by atoms with van der Waals surface area (Å²) in [7, 11) is 1.38. The molecule has 24 heavy (non-hydrogen) atoms. The van der Waals surface area contributed by atoms with E-state index in [2.05, 4.69) is 9.99 Å². The summed E-state index contributed by atoms with van der Waals surface area (Å²) >= 11 is 0. The van der Waals surface area contributed by atoms with Crippen molar-refractivity contribution in [2.45, 2.75) is 25.7 Å². The number of carbonyl (C=O) groups excluding carboxylic acids is 1. The van der Waals surface area contributed by atoms with Crippen LogP contribution in [0.3, 0.4) is 0 Å². The number of carbonyl (C=O) groups is 1. The van der Waals surface area contributed by atoms with Gasteiger partial charge in [-0.05, 0) is 25.0 Å². The van der Waals surface area contributed by atoms with Crippen LogP contribution in [0, 0.1) is 0 Å². The predicted octanol–water partition coefficient (Wildman–Crippen LogP) is 2.76. The Balaban J connectivity index is 1.91. The van der Waals surface area contributed by atoms with Crippen molar-refractivity contribution in [1.29, 1.82) is 0 Å². The molecule has 0 spiro atoms. The Hall–Kier alpha value is -2.63. The Morgan fingerprint density at radius 3 is 2.33 bits per heavy atom. The van der Waals surface area contributed by atoms with Gasteiger partial charge in [0.25, 0.3) is 0 Å². The molecule has 0 amide bonds. The molecule has 2 aromatic rings. The smallest absolute Gasteiger partial charge is 0.337 e. The van der Waals surface area contributed by atoms with E-state index < -0.39 is 0 Å². The fraction of sp³-hybridized carbons (Fsp3) is 0.389. The molecular weight excluding hydrogens is 304 g/mol. The number of rotatable bonds is 3. The van der Waals surface area contributed by atoms with Gasteiger partial charge in [0.2, 0.25) is 0 Å². The monoisotopic (exact) mass is 326 g/mol. The van der Waals surface area contributed by atoms with Crippen molar-refractivity contribution < 1.29 is 9.53 Å². The molecule has 1 aromatic heterocycles. The fourth-order valence-corrected chi connectivity index (χ4v) is 2.80. The number of ether oxygens (including phenoxy) is 1. The molecule has 6 nitrogen and oxygen atoms in total. The molecule has 0 atom stereocenters. The summed E-state index contributed by atoms with van der Waals surface area (Å²) in [6.07, 6.45) is 10.2. The number of hydrazone groups is 1. The average molecular weight is 326 g/mol. The summed E-state index contributed by atoms with van der Waals surface area (Å²) < 4.78 is 6.65. The second kappa shape index (κ2) is 7.77. The first-order valence-corrected chi connectivity index (χ1v) is 8.28. The maximum Gasteiger partial charge on any atom is 0.337 e. The summed E-state index contributed by atoms with van der Waals surface area (Å²) in [6.45, 7) is 1.94. The molecule has 0 aliphatic carbocycles. The second-order valence-electron chi connectivity index (χ2n) is 5.83. The highest BCUT2D eigenvalue weighted by atomic mass is 16.5. The predicted molar refractivity (Wildman–Crippen MR) is 92.0 cm³/mol. The van der Waals surface area contributed by atoms with Crippen LogP contribution in [0.2, 0.25) is 0 Å². The van der Waals surface area contributed by atoms with Crippen LogP contribution in [-0.2, 0) is 4.74 Å². The van der Waals surface area contributed by atoms with Crippen molar-refractivity contribution >= 4 is 11.8 Å². The van der Waals surface area contributed by atoms with Gasteiger partial charge in [-0.3, -0.25) is 9.58 Å². The van der Waals surface area contributed by atoms with Crippen LogP contribution in [0.1, 0.15) is 41.6 Å². The van der Waals surface area contributed by atoms with Gasteiger partial charge in [0.05, 0.1) is 12.7 Å². The molecule has 0 saturated carbocycles. The van der Waals surface area contributed by atoms with Crippen molar-refractivity contribution in [3.63, 3.8) is 0 Å². The SMILES string of the molecule is COC(=O)c1ccc(C(=NN2CCCCCC2)n2ccnc2)cc1. The molecule has 3 rings (SSSR count). The van der Waals surface area contributed by atoms with Gasteiger partial charge >= 0.3 is 5.97 Å². The number of imidazole rings is 1. The third-order valence-electron chi connectivity index (χ3n) is 4.13. The minimum Gasteiger partial charge on any atom is -0.465 e. The molecule has 1 aliphatic rings. The molecule has 2 heterocycles. The van der Waals surface area contributed by atoms with Gasteiger partial charge in [0, 0.05) is 31.0 Å². The molecule has 0 radical (unpaired) electrons. The van der Waals surface area contributed by atoms with Crippen molar-refractivity contribution in [2.75, 3.05) is 20.2 Å². The van der Waals surface area contributed by atoms with Crippen LogP contribution in [0.25, 0.3) is 0 Å². The van der Waals surface area contributed by atoms with Gasteiger partial charge in [-0.25, -0.2) is 9.78 Å². The normalized spacial score (nSPS) is 15.9. The Labute approximate surface area is 141 Å². The molecule has 6 heteroatoms. The Morgan fingerprint density at radius 2 is 1.75 bits per heavy atom. The Morgan fingerprint density at radius 1 is 1.08 bits per heavy atom. The molecule has 126 valence electrons. The molecule has 1 aromatic carbocycles. The van der Waals surface area contributed by atoms with Crippen molar-refractivity contribution in [3.05, 3.63) is 54.1 Å². The first-order chi connectivity index (χ1) is 11.8. The minimum absolute atomic E-state index is 0.338. The average Bonchev–Trinajstić information content (AvgIpc) is 3.03. The minimum atomic E-state index is -0.338. The highest BCUT2D eigenvalue weighted by Crippen LogP contribution is 2.13. The van der Waals surface area contributed by atoms with Crippen molar-refractivity contribution in [3.8, 4) is 0 Å². The van der Waals surface area contributed by atoms with E-state index >= 15 is 0 Å². The van der Waals surface area contributed by atoms with Crippen LogP contribution in [0.4, 0.5) is 0 Å². The van der Waals surface area contributed by atoms with Gasteiger partial charge in [0.1, 0.15) is 6.33 Å². The molecule has 0 bridgehead atoms. The van der Waals surface area contributed by atoms with E-state index in [9.17, 15) is 4.79 Å². The van der Waals surface area contributed by atoms with Gasteiger partial charge in [-0.15, -0.1) is 0 Å². The van der Waals surface area contributed by atoms with Crippen molar-refractivity contribution in [2.24, 2.45) is 5.10 Å². The number of hydrogen-bond acceptors (Lipinski definition) is 5. The lowest BCUT2D eigenvalue weighted by Crippen LogP contribution is -2.24. The topological polar surface area (TPSA) is 59.7 Å². The molecule has 1 saturated heterocycles. The first-order valence-electron chi connectivity index (χ1n) is 8.28. The van der Waals surface area contributed by atoms with Gasteiger partial charge in [0.15, 0.2) is 5.84 Å². The summed E-state index contributed by atoms with van der Waals surface area (Å²) in [5, 5.41) is 7.00. The summed E-state index contributed by atoms with van der Waals surface area (Å²) in [4.78, 5) is 15.7. The van der Waals surface area contributed by atoms with E-state index in [1.54, 1.807) is 24.7 Å². The zero-order chi connectivity index (χ0) is 16.8. The Bertz CT molecular complexity index is 684. The molecule has 1 fully saturated rings. The van der Waals surface area contributed by atoms with Gasteiger partial charge in [-0.1, -0.05) is 25.0 Å². The van der Waals surface area contributed by atoms with E-state index in [0.29, 0.717) is 5.56 Å². The maximum absolute atomic E-state index is 11.6. The number of esters is 1. The zero-order valence-corrected chi connectivity index (χ0v) is 13.9. The lowest BCUT2D eigenvalue weighted by atomic mass is 10.1. The molecule has 1 aliphatic heterocycles. The largest absolute Gasteiger partial charge is 0.465 e. The maximum atomic E-state index is 11.6. The lowest BCUT2D eigenvalue weighted by molar-refractivity contribution is 0.0600. The van der Waals surface area contributed by atoms with Crippen LogP contribution >= 0.6 is 0 Å². The van der Waals surface area contributed by atoms with Crippen LogP contribution in [-0.4, -0.2) is 46.6 Å². The zero-order valence-electron chi connectivity index (χ0n) is 13.9. The standard InChI is InChI=1S/C18H22N4O2/c1-24-18(23)16-8-6-15(7-9-16)17(21-13-10-19-14-21)20-22-11-4-2-3-5-12-22/h6-10,13-14H,2-5,11-12H2,1H3. The van der Waals surface area contributed by atoms with E-state index in [1.807, 2.05) is 22.9 Å². The van der Waals surface area contributed by atoms with Crippen LogP contribution in [0.15, 0.2) is 48.1 Å². The third kappa shape index (κ3) is 3.82. The van der Waals surface area contributed by atoms with E-state index in [-0.39, 0.29) is 5.97 Å². The third-order valence-corrected chi connectivity index (χ3v) is 4.13. The molecule has 0 N–H and O–H groups in total. The molecular formula is C18H22N4O2. The van der Waals surface area contributed by atoms with E-state index in [1.165, 1.54) is 32.8 Å². The van der Waals surface area contributed by atoms with Crippen LogP contribution < -0.4 is 0 Å². The second-order valence-corrected chi connectivity index (χ2v) is 5.83. The Kier molecular flexibility index (Phi) is 5.25. The quantitative estimate of drug-likeness (QED) is 0.494. The number of methoxy groups -OCH3 is 1. The fourth-order valence-electron chi connectivity index (χ4n) is 2.80. The van der Waals surface area contributed by atoms with Crippen molar-refractivity contribution in [1.82, 2.24) is 14.6 Å². The highest BCUT2D eigenvalue weighted by molar-refractivity contribution is 6.01. The first kappa shape index (κ1) is 16.2. The van der Waals surface area contributed by atoms with Gasteiger partial charge < -0.3 is 4.74 Å². The van der Waals surface area contributed by atoms with Crippen LogP contribution in [0.5, 0.6) is 0 Å². The van der Waals surface area contributed by atoms with Gasteiger partial charge in [-0.2, -0.15) is 5.10 Å². The molecule has 0 unspecified atom stereocenters. The summed E-state index contributed by atoms with van der Waals surface area (Å²) in [5.74, 6) is 0.473. The highest BCUT2D eigenvalue weighted by Gasteiger charge is 2.13. The van der Waals surface area contributed by atoms with E-state index in [4.69, 9.17) is 9.84 Å². The summed E-state index contributed by atoms with van der Waals surface area (Å²) in [5.41, 5.74) is 1.46. The number of nitrogens with zero attached hydrogens (tertiary/aromatic N) is 4. The summed E-state index contributed by atoms with van der Waals surface area (Å²) in [6, 6.07) is 7.30. The lowest BCUT2D eigenvalue weighted by Gasteiger charge is -2.19. The number of benzene rings is 1. The number of aromatic nitrogens is 2. The number of hydrogen-bond donors (Lipinski definition) is 0.